The number of anilines is 1. The zero-order chi connectivity index (χ0) is 14.4. The molecule has 7 heteroatoms. The molecule has 7 nitrogen and oxygen atoms in total. The normalized spacial score (nSPS) is 10.2. The summed E-state index contributed by atoms with van der Waals surface area (Å²) in [6, 6.07) is 2.07. The molecular formula is C13H17N5O2. The molecule has 1 N–H and O–H groups in total. The van der Waals surface area contributed by atoms with Gasteiger partial charge in [-0.2, -0.15) is 15.0 Å². The molecule has 0 fully saturated rings. The van der Waals surface area contributed by atoms with E-state index in [4.69, 9.17) is 9.47 Å². The van der Waals surface area contributed by atoms with Crippen LogP contribution >= 0.6 is 0 Å². The second-order valence-corrected chi connectivity index (χ2v) is 4.01. The Morgan fingerprint density at radius 2 is 1.95 bits per heavy atom. The quantitative estimate of drug-likeness (QED) is 0.860. The smallest absolute Gasteiger partial charge is 0.321 e. The summed E-state index contributed by atoms with van der Waals surface area (Å²) in [5.41, 5.74) is 0.740. The van der Waals surface area contributed by atoms with Crippen LogP contribution in [0.3, 0.4) is 0 Å². The third kappa shape index (κ3) is 3.31. The van der Waals surface area contributed by atoms with Crippen LogP contribution in [0.1, 0.15) is 13.3 Å². The maximum Gasteiger partial charge on any atom is 0.321 e. The molecule has 0 radical (unpaired) electrons. The summed E-state index contributed by atoms with van der Waals surface area (Å²) in [5.74, 6) is 1.61. The summed E-state index contributed by atoms with van der Waals surface area (Å²) in [7, 11) is 3.11. The summed E-state index contributed by atoms with van der Waals surface area (Å²) in [6.45, 7) is 2.85. The first-order valence-corrected chi connectivity index (χ1v) is 6.30. The fourth-order valence-corrected chi connectivity index (χ4v) is 1.55. The first kappa shape index (κ1) is 14.0. The second kappa shape index (κ2) is 6.65. The Morgan fingerprint density at radius 1 is 1.10 bits per heavy atom. The molecule has 2 aromatic rings. The fraction of sp³-hybridized carbons (Fsp3) is 0.385. The maximum atomic E-state index is 5.15. The van der Waals surface area contributed by atoms with E-state index < -0.39 is 0 Å². The Bertz CT molecular complexity index is 576. The van der Waals surface area contributed by atoms with Crippen LogP contribution in [-0.4, -0.2) is 40.7 Å². The zero-order valence-electron chi connectivity index (χ0n) is 11.8. The molecule has 0 spiro atoms. The van der Waals surface area contributed by atoms with Crippen molar-refractivity contribution in [3.8, 4) is 23.1 Å². The molecule has 0 bridgehead atoms. The lowest BCUT2D eigenvalue weighted by Gasteiger charge is -2.08. The largest absolute Gasteiger partial charge is 0.495 e. The summed E-state index contributed by atoms with van der Waals surface area (Å²) in [5, 5.41) is 3.11. The van der Waals surface area contributed by atoms with Crippen LogP contribution in [-0.2, 0) is 0 Å². The van der Waals surface area contributed by atoms with Crippen molar-refractivity contribution >= 4 is 5.95 Å². The Kier molecular flexibility index (Phi) is 4.65. The third-order valence-electron chi connectivity index (χ3n) is 2.54. The molecule has 0 amide bonds. The van der Waals surface area contributed by atoms with Crippen molar-refractivity contribution in [3.63, 3.8) is 0 Å². The zero-order valence-corrected chi connectivity index (χ0v) is 11.8. The molecule has 0 unspecified atom stereocenters. The van der Waals surface area contributed by atoms with Crippen LogP contribution in [0.15, 0.2) is 18.5 Å². The van der Waals surface area contributed by atoms with Crippen molar-refractivity contribution in [2.75, 3.05) is 26.1 Å². The number of ether oxygens (including phenoxy) is 2. The molecule has 0 aliphatic carbocycles. The minimum absolute atomic E-state index is 0.261. The fourth-order valence-electron chi connectivity index (χ4n) is 1.55. The molecular weight excluding hydrogens is 258 g/mol. The molecule has 2 rings (SSSR count). The Labute approximate surface area is 117 Å². The van der Waals surface area contributed by atoms with E-state index in [1.807, 2.05) is 6.07 Å². The van der Waals surface area contributed by atoms with Gasteiger partial charge in [0.05, 0.1) is 20.4 Å². The molecule has 106 valence electrons. The average molecular weight is 275 g/mol. The summed E-state index contributed by atoms with van der Waals surface area (Å²) in [6.07, 6.45) is 4.27. The minimum Gasteiger partial charge on any atom is -0.495 e. The number of hydrogen-bond acceptors (Lipinski definition) is 7. The van der Waals surface area contributed by atoms with Crippen LogP contribution in [0.5, 0.6) is 11.8 Å². The molecule has 2 heterocycles. The van der Waals surface area contributed by atoms with E-state index in [1.54, 1.807) is 19.5 Å². The topological polar surface area (TPSA) is 82.1 Å². The lowest BCUT2D eigenvalue weighted by Crippen LogP contribution is -2.07. The number of pyridine rings is 1. The first-order valence-electron chi connectivity index (χ1n) is 6.30. The Balaban J connectivity index is 2.38. The van der Waals surface area contributed by atoms with Crippen LogP contribution in [0, 0.1) is 0 Å². The summed E-state index contributed by atoms with van der Waals surface area (Å²) < 4.78 is 10.2. The van der Waals surface area contributed by atoms with Crippen LogP contribution in [0.4, 0.5) is 5.95 Å². The van der Waals surface area contributed by atoms with Gasteiger partial charge in [0.25, 0.3) is 0 Å². The Hall–Kier alpha value is -2.44. The van der Waals surface area contributed by atoms with Crippen LogP contribution in [0.25, 0.3) is 11.4 Å². The van der Waals surface area contributed by atoms with Gasteiger partial charge < -0.3 is 14.8 Å². The van der Waals surface area contributed by atoms with Crippen LogP contribution in [0.2, 0.25) is 0 Å². The van der Waals surface area contributed by atoms with Gasteiger partial charge in [0.1, 0.15) is 5.75 Å². The van der Waals surface area contributed by atoms with E-state index in [2.05, 4.69) is 32.2 Å². The highest BCUT2D eigenvalue weighted by atomic mass is 16.5. The monoisotopic (exact) mass is 275 g/mol. The molecule has 0 saturated carbocycles. The van der Waals surface area contributed by atoms with Gasteiger partial charge >= 0.3 is 6.01 Å². The third-order valence-corrected chi connectivity index (χ3v) is 2.54. The van der Waals surface area contributed by atoms with Gasteiger partial charge in [-0.15, -0.1) is 0 Å². The van der Waals surface area contributed by atoms with Gasteiger partial charge in [0.15, 0.2) is 5.82 Å². The number of rotatable bonds is 6. The highest BCUT2D eigenvalue weighted by Gasteiger charge is 2.09. The van der Waals surface area contributed by atoms with E-state index in [0.717, 1.165) is 18.5 Å². The van der Waals surface area contributed by atoms with Gasteiger partial charge in [0, 0.05) is 18.3 Å². The molecule has 0 atom stereocenters. The van der Waals surface area contributed by atoms with Crippen molar-refractivity contribution in [2.24, 2.45) is 0 Å². The Morgan fingerprint density at radius 3 is 2.65 bits per heavy atom. The number of methoxy groups -OCH3 is 2. The van der Waals surface area contributed by atoms with E-state index in [0.29, 0.717) is 17.5 Å². The van der Waals surface area contributed by atoms with Gasteiger partial charge in [-0.1, -0.05) is 6.92 Å². The highest BCUT2D eigenvalue weighted by molar-refractivity contribution is 5.57. The molecule has 20 heavy (non-hydrogen) atoms. The van der Waals surface area contributed by atoms with E-state index >= 15 is 0 Å². The molecule has 0 aliphatic rings. The van der Waals surface area contributed by atoms with Crippen molar-refractivity contribution in [2.45, 2.75) is 13.3 Å². The van der Waals surface area contributed by atoms with Gasteiger partial charge in [0.2, 0.25) is 5.95 Å². The number of nitrogens with one attached hydrogen (secondary N) is 1. The van der Waals surface area contributed by atoms with Crippen molar-refractivity contribution in [1.82, 2.24) is 19.9 Å². The highest BCUT2D eigenvalue weighted by Crippen LogP contribution is 2.21. The molecule has 0 aliphatic heterocycles. The first-order chi connectivity index (χ1) is 9.76. The molecule has 0 aromatic carbocycles. The van der Waals surface area contributed by atoms with Crippen molar-refractivity contribution in [3.05, 3.63) is 18.5 Å². The van der Waals surface area contributed by atoms with E-state index in [9.17, 15) is 0 Å². The predicted molar refractivity (Wildman–Crippen MR) is 74.9 cm³/mol. The molecule has 0 saturated heterocycles. The van der Waals surface area contributed by atoms with Crippen molar-refractivity contribution < 1.29 is 9.47 Å². The predicted octanol–water partition coefficient (Wildman–Crippen LogP) is 1.77. The maximum absolute atomic E-state index is 5.15. The van der Waals surface area contributed by atoms with E-state index in [1.165, 1.54) is 7.11 Å². The van der Waals surface area contributed by atoms with Gasteiger partial charge in [-0.25, -0.2) is 0 Å². The van der Waals surface area contributed by atoms with E-state index in [-0.39, 0.29) is 6.01 Å². The lowest BCUT2D eigenvalue weighted by molar-refractivity contribution is 0.379. The second-order valence-electron chi connectivity index (χ2n) is 4.01. The number of nitrogens with zero attached hydrogens (tertiary/aromatic N) is 4. The number of hydrogen-bond donors (Lipinski definition) is 1. The number of aromatic nitrogens is 4. The minimum atomic E-state index is 0.261. The standard InChI is InChI=1S/C13H17N5O2/c1-4-5-15-12-16-11(17-13(18-12)20-3)9-6-10(19-2)8-14-7-9/h6-8H,4-5H2,1-3H3,(H,15,16,17,18). The summed E-state index contributed by atoms with van der Waals surface area (Å²) in [4.78, 5) is 16.8. The summed E-state index contributed by atoms with van der Waals surface area (Å²) >= 11 is 0. The lowest BCUT2D eigenvalue weighted by atomic mass is 10.2. The van der Waals surface area contributed by atoms with Crippen LogP contribution < -0.4 is 14.8 Å². The van der Waals surface area contributed by atoms with Crippen molar-refractivity contribution in [1.29, 1.82) is 0 Å². The SMILES string of the molecule is CCCNc1nc(OC)nc(-c2cncc(OC)c2)n1. The average Bonchev–Trinajstić information content (AvgIpc) is 2.52. The van der Waals surface area contributed by atoms with Gasteiger partial charge in [-0.05, 0) is 12.5 Å². The molecule has 2 aromatic heterocycles. The van der Waals surface area contributed by atoms with Gasteiger partial charge in [-0.3, -0.25) is 4.98 Å².